The summed E-state index contributed by atoms with van der Waals surface area (Å²) in [5.41, 5.74) is 0. The van der Waals surface area contributed by atoms with E-state index < -0.39 is 0 Å². The van der Waals surface area contributed by atoms with Gasteiger partial charge >= 0.3 is 52.7 Å². The summed E-state index contributed by atoms with van der Waals surface area (Å²) < 4.78 is 5.61. The van der Waals surface area contributed by atoms with E-state index in [1.165, 1.54) is 0 Å². The summed E-state index contributed by atoms with van der Waals surface area (Å²) in [4.78, 5) is 0. The van der Waals surface area contributed by atoms with Crippen molar-refractivity contribution in [3.8, 4) is 0 Å². The summed E-state index contributed by atoms with van der Waals surface area (Å²) in [6.07, 6.45) is 0. The third-order valence-corrected chi connectivity index (χ3v) is 0. The molecule has 0 aliphatic rings. The van der Waals surface area contributed by atoms with Crippen LogP contribution in [-0.2, 0) is 0 Å². The van der Waals surface area contributed by atoms with Gasteiger partial charge in [0.15, 0.2) is 0 Å². The first kappa shape index (κ1) is 9.79. The van der Waals surface area contributed by atoms with Crippen LogP contribution in [0.1, 0.15) is 0 Å². The van der Waals surface area contributed by atoms with Crippen molar-refractivity contribution in [3.05, 3.63) is 0 Å². The normalized spacial score (nSPS) is 3.83. The quantitative estimate of drug-likeness (QED) is 0.324. The van der Waals surface area contributed by atoms with Crippen LogP contribution in [0.2, 0.25) is 0 Å². The molecule has 6 heavy (non-hydrogen) atoms. The molecule has 0 rings (SSSR count). The second-order valence-corrected chi connectivity index (χ2v) is 0.794. The molecule has 2 nitrogen and oxygen atoms in total. The van der Waals surface area contributed by atoms with Crippen LogP contribution in [0.25, 0.3) is 0 Å². The number of rotatable bonds is 0. The summed E-state index contributed by atoms with van der Waals surface area (Å²) in [5, 5.41) is 0. The molecular formula is HAlB2N2S. The van der Waals surface area contributed by atoms with E-state index in [0.717, 1.165) is 0 Å². The topological polar surface area (TPSA) is 24.7 Å². The van der Waals surface area contributed by atoms with Crippen molar-refractivity contribution in [2.45, 2.75) is 0 Å². The van der Waals surface area contributed by atoms with Gasteiger partial charge in [0.05, 0.1) is 0 Å². The van der Waals surface area contributed by atoms with E-state index >= 15 is 0 Å². The van der Waals surface area contributed by atoms with E-state index in [2.05, 4.69) is 36.6 Å². The third-order valence-electron chi connectivity index (χ3n) is 0. The fourth-order valence-electron chi connectivity index (χ4n) is 0. The molecule has 0 aliphatic heterocycles. The number of hydrogen-bond donors (Lipinski definition) is 1. The maximum absolute atomic E-state index is 4.44. The van der Waals surface area contributed by atoms with Gasteiger partial charge in [-0.3, -0.25) is 0 Å². The first-order valence-corrected chi connectivity index (χ1v) is 1.89. The van der Waals surface area contributed by atoms with Crippen LogP contribution in [0.5, 0.6) is 0 Å². The second kappa shape index (κ2) is 17.5. The molecule has 6 heteroatoms. The van der Waals surface area contributed by atoms with E-state index in [0.29, 0.717) is 0 Å². The van der Waals surface area contributed by atoms with Crippen molar-refractivity contribution in [3.63, 3.8) is 0 Å². The first-order valence-electron chi connectivity index (χ1n) is 0.975. The van der Waals surface area contributed by atoms with Gasteiger partial charge in [0.25, 0.3) is 0 Å². The minimum absolute atomic E-state index is 1.98. The summed E-state index contributed by atoms with van der Waals surface area (Å²) in [6.45, 7) is 0. The molecule has 0 aromatic heterocycles. The Hall–Kier alpha value is 0.612. The average molecular weight is 110 g/mol. The van der Waals surface area contributed by atoms with Gasteiger partial charge in [-0.25, -0.2) is 0 Å². The van der Waals surface area contributed by atoms with Crippen molar-refractivity contribution in [1.82, 2.24) is 0 Å². The molecule has 0 saturated heterocycles. The molecule has 0 unspecified atom stereocenters. The molecule has 0 bridgehead atoms. The van der Waals surface area contributed by atoms with Crippen LogP contribution in [0.3, 0.4) is 0 Å². The van der Waals surface area contributed by atoms with Crippen LogP contribution in [0, 0.1) is 0 Å². The first-order chi connectivity index (χ1) is 2.83. The minimum atomic E-state index is 1.98. The molecule has 0 amide bonds. The van der Waals surface area contributed by atoms with Gasteiger partial charge < -0.3 is 0 Å². The summed E-state index contributed by atoms with van der Waals surface area (Å²) in [7, 11) is 8.77. The van der Waals surface area contributed by atoms with Crippen LogP contribution >= 0.6 is 12.8 Å². The number of hydrogen-bond acceptors (Lipinski definition) is 3. The SMILES string of the molecule is [B]=NS.[B][N]=[Al]. The maximum atomic E-state index is 4.44. The average Bonchev–Trinajstić information content (AvgIpc) is 1.39. The Morgan fingerprint density at radius 3 is 1.67 bits per heavy atom. The predicted octanol–water partition coefficient (Wildman–Crippen LogP) is -0.395. The predicted molar refractivity (Wildman–Crippen MR) is 31.1 cm³/mol. The van der Waals surface area contributed by atoms with Crippen molar-refractivity contribution >= 4 is 44.5 Å². The Bertz CT molecular complexity index is 32.5. The standard InChI is InChI=1S/Al.BHNS.BN/c;1-2-3;1-2/h;3H;. The van der Waals surface area contributed by atoms with Gasteiger partial charge in [0.2, 0.25) is 0 Å². The fourth-order valence-corrected chi connectivity index (χ4v) is 0. The van der Waals surface area contributed by atoms with Crippen LogP contribution in [-0.4, -0.2) is 31.7 Å². The molecule has 0 saturated carbocycles. The Labute approximate surface area is 53.0 Å². The van der Waals surface area contributed by atoms with Crippen molar-refractivity contribution in [2.75, 3.05) is 0 Å². The molecule has 4 radical (unpaired) electrons. The van der Waals surface area contributed by atoms with E-state index in [-0.39, 0.29) is 0 Å². The zero-order valence-corrected chi connectivity index (χ0v) is 5.12. The van der Waals surface area contributed by atoms with E-state index in [4.69, 9.17) is 0 Å². The van der Waals surface area contributed by atoms with E-state index in [1.54, 1.807) is 0 Å². The Kier molecular flexibility index (Phi) is 28.5. The Morgan fingerprint density at radius 1 is 1.67 bits per heavy atom. The monoisotopic (exact) mass is 110 g/mol. The summed E-state index contributed by atoms with van der Waals surface area (Å²) in [5.74, 6) is 0. The molecule has 0 atom stereocenters. The zero-order valence-electron chi connectivity index (χ0n) is 3.07. The van der Waals surface area contributed by atoms with E-state index in [1.807, 2.05) is 16.1 Å². The van der Waals surface area contributed by atoms with Gasteiger partial charge in [-0.05, 0) is 0 Å². The van der Waals surface area contributed by atoms with Gasteiger partial charge in [-0.15, -0.1) is 0 Å². The Morgan fingerprint density at radius 2 is 1.67 bits per heavy atom. The van der Waals surface area contributed by atoms with Gasteiger partial charge in [0.1, 0.15) is 0 Å². The van der Waals surface area contributed by atoms with Crippen LogP contribution < -0.4 is 0 Å². The molecular weight excluding hydrogens is 109 g/mol. The third kappa shape index (κ3) is 161. The molecule has 0 fully saturated rings. The van der Waals surface area contributed by atoms with Crippen LogP contribution in [0.4, 0.5) is 0 Å². The molecule has 0 N–H and O–H groups in total. The van der Waals surface area contributed by atoms with Gasteiger partial charge in [-0.2, -0.15) is 0 Å². The molecule has 0 aliphatic carbocycles. The van der Waals surface area contributed by atoms with Crippen LogP contribution in [0.15, 0.2) is 8.14 Å². The van der Waals surface area contributed by atoms with E-state index in [9.17, 15) is 0 Å². The number of nitrogens with zero attached hydrogens (tertiary/aromatic N) is 2. The molecule has 0 aromatic rings. The molecule has 26 valence electrons. The molecule has 0 aromatic carbocycles. The molecule has 0 heterocycles. The van der Waals surface area contributed by atoms with Crippen molar-refractivity contribution < 1.29 is 0 Å². The second-order valence-electron chi connectivity index (χ2n) is 0.265. The van der Waals surface area contributed by atoms with Crippen molar-refractivity contribution in [1.29, 1.82) is 0 Å². The zero-order chi connectivity index (χ0) is 5.41. The summed E-state index contributed by atoms with van der Waals surface area (Å²) >= 11 is 5.17. The fraction of sp³-hybridized carbons (Fsp3) is 0. The van der Waals surface area contributed by atoms with Crippen molar-refractivity contribution in [2.24, 2.45) is 8.14 Å². The number of thiol groups is 1. The Balaban J connectivity index is 0. The van der Waals surface area contributed by atoms with Gasteiger partial charge in [-0.1, -0.05) is 0 Å². The molecule has 0 spiro atoms. The van der Waals surface area contributed by atoms with Gasteiger partial charge in [0, 0.05) is 0 Å². The summed E-state index contributed by atoms with van der Waals surface area (Å²) in [6, 6.07) is 0.